The molecule has 0 radical (unpaired) electrons. The third-order valence-corrected chi connectivity index (χ3v) is 17.2. The van der Waals surface area contributed by atoms with E-state index in [1.165, 1.54) is 29.5 Å². The molecule has 73 heavy (non-hydrogen) atoms. The van der Waals surface area contributed by atoms with Crippen molar-refractivity contribution in [2.75, 3.05) is 9.80 Å². The molecular formula is C64H42F6N2Si. The summed E-state index contributed by atoms with van der Waals surface area (Å²) in [6.45, 7) is 6.85. The zero-order valence-corrected chi connectivity index (χ0v) is 40.7. The van der Waals surface area contributed by atoms with Crippen LogP contribution in [0.15, 0.2) is 212 Å². The largest absolute Gasteiger partial charge is 0.416 e. The van der Waals surface area contributed by atoms with E-state index in [1.54, 1.807) is 0 Å². The summed E-state index contributed by atoms with van der Waals surface area (Å²) in [5.74, 6) is 0. The topological polar surface area (TPSA) is 6.48 Å². The van der Waals surface area contributed by atoms with Gasteiger partial charge in [-0.25, -0.2) is 0 Å². The zero-order chi connectivity index (χ0) is 50.2. The van der Waals surface area contributed by atoms with Crippen molar-refractivity contribution in [3.8, 4) is 22.3 Å². The smallest absolute Gasteiger partial charge is 0.310 e. The molecule has 9 heteroatoms. The Kier molecular flexibility index (Phi) is 9.68. The maximum absolute atomic E-state index is 14.1. The molecule has 0 amide bonds. The van der Waals surface area contributed by atoms with Gasteiger partial charge in [-0.2, -0.15) is 26.3 Å². The van der Waals surface area contributed by atoms with Crippen LogP contribution in [0.1, 0.15) is 44.5 Å². The Bertz CT molecular complexity index is 3870. The van der Waals surface area contributed by atoms with Gasteiger partial charge in [-0.3, -0.25) is 0 Å². The average molecular weight is 981 g/mol. The van der Waals surface area contributed by atoms with E-state index in [0.29, 0.717) is 11.4 Å². The first-order valence-electron chi connectivity index (χ1n) is 24.1. The molecule has 1 atom stereocenters. The van der Waals surface area contributed by atoms with Gasteiger partial charge < -0.3 is 9.80 Å². The summed E-state index contributed by atoms with van der Waals surface area (Å²) in [5.41, 5.74) is 20.8. The first kappa shape index (κ1) is 44.6. The molecule has 0 saturated carbocycles. The van der Waals surface area contributed by atoms with Gasteiger partial charge >= 0.3 is 12.4 Å². The third kappa shape index (κ3) is 6.73. The van der Waals surface area contributed by atoms with Crippen LogP contribution >= 0.6 is 0 Å². The molecule has 0 fully saturated rings. The van der Waals surface area contributed by atoms with Crippen LogP contribution in [-0.2, 0) is 17.8 Å². The standard InChI is InChI=1S/C64H42F6N2Si/c1-73(2,3)47-32-28-44(29-33-47)72(43-26-22-40(23-27-43)64(68,69)70)46-31-35-51-50-34-30-45(71(41-12-5-4-6-13-41)42-24-20-39(21-25-42)63(65,66)67)36-57(50)62(58(51)37-46)56-19-10-9-16-53(56)61-54-18-11-17-52-48-14-7-8-15-49(48)55(60(52)54)38-59(61)62/h4-6,9-38H,1-3H3. The molecule has 1 spiro atoms. The maximum atomic E-state index is 14.1. The highest BCUT2D eigenvalue weighted by atomic mass is 28.3. The van der Waals surface area contributed by atoms with Crippen molar-refractivity contribution in [2.24, 2.45) is 0 Å². The lowest BCUT2D eigenvalue weighted by Crippen LogP contribution is -2.37. The molecule has 13 rings (SSSR count). The number of fused-ring (bicyclic) bond motifs is 13. The Hall–Kier alpha value is -8.32. The van der Waals surface area contributed by atoms with Gasteiger partial charge in [0.15, 0.2) is 0 Å². The molecule has 0 bridgehead atoms. The van der Waals surface area contributed by atoms with Crippen LogP contribution in [0.3, 0.4) is 0 Å². The van der Waals surface area contributed by atoms with Crippen molar-refractivity contribution in [1.29, 1.82) is 0 Å². The van der Waals surface area contributed by atoms with Crippen LogP contribution in [0.5, 0.6) is 0 Å². The molecule has 9 aromatic rings. The van der Waals surface area contributed by atoms with Gasteiger partial charge in [0.1, 0.15) is 0 Å². The summed E-state index contributed by atoms with van der Waals surface area (Å²) < 4.78 is 84.4. The zero-order valence-electron chi connectivity index (χ0n) is 39.7. The van der Waals surface area contributed by atoms with E-state index in [-0.39, 0.29) is 0 Å². The normalized spacial score (nSPS) is 15.7. The first-order chi connectivity index (χ1) is 35.1. The maximum Gasteiger partial charge on any atom is 0.416 e. The van der Waals surface area contributed by atoms with E-state index in [4.69, 9.17) is 0 Å². The number of nitrogens with zero attached hydrogens (tertiary/aromatic N) is 2. The monoisotopic (exact) mass is 980 g/mol. The number of benzene rings is 9. The molecule has 0 heterocycles. The molecule has 1 unspecified atom stereocenters. The van der Waals surface area contributed by atoms with Crippen molar-refractivity contribution in [1.82, 2.24) is 0 Å². The average Bonchev–Trinajstić information content (AvgIpc) is 4.02. The number of anilines is 6. The summed E-state index contributed by atoms with van der Waals surface area (Å²) >= 11 is 0. The van der Waals surface area contributed by atoms with Crippen LogP contribution in [0.25, 0.3) is 44.2 Å². The minimum atomic E-state index is -4.51. The number of rotatable bonds is 7. The lowest BCUT2D eigenvalue weighted by molar-refractivity contribution is -0.138. The minimum Gasteiger partial charge on any atom is -0.310 e. The lowest BCUT2D eigenvalue weighted by atomic mass is 9.69. The summed E-state index contributed by atoms with van der Waals surface area (Å²) in [4.78, 5) is 4.03. The van der Waals surface area contributed by atoms with E-state index in [0.717, 1.165) is 125 Å². The molecule has 0 aromatic heterocycles. The molecule has 354 valence electrons. The molecule has 4 aliphatic rings. The molecule has 2 nitrogen and oxygen atoms in total. The highest BCUT2D eigenvalue weighted by Gasteiger charge is 2.53. The summed E-state index contributed by atoms with van der Waals surface area (Å²) in [6, 6.07) is 58.8. The van der Waals surface area contributed by atoms with Crippen molar-refractivity contribution >= 4 is 69.3 Å². The van der Waals surface area contributed by atoms with Crippen LogP contribution in [0, 0.1) is 0 Å². The second-order valence-corrected chi connectivity index (χ2v) is 25.2. The van der Waals surface area contributed by atoms with E-state index >= 15 is 0 Å². The van der Waals surface area contributed by atoms with E-state index < -0.39 is 37.0 Å². The highest BCUT2D eigenvalue weighted by Crippen LogP contribution is 2.66. The molecule has 0 aliphatic heterocycles. The Labute approximate surface area is 419 Å². The highest BCUT2D eigenvalue weighted by molar-refractivity contribution is 6.88. The quantitative estimate of drug-likeness (QED) is 0.0892. The number of para-hydroxylation sites is 1. The Balaban J connectivity index is 1.10. The van der Waals surface area contributed by atoms with Crippen LogP contribution in [0.2, 0.25) is 19.6 Å². The third-order valence-electron chi connectivity index (χ3n) is 15.1. The van der Waals surface area contributed by atoms with Crippen molar-refractivity contribution in [3.63, 3.8) is 0 Å². The molecular weight excluding hydrogens is 939 g/mol. The predicted octanol–water partition coefficient (Wildman–Crippen LogP) is 17.8. The van der Waals surface area contributed by atoms with Gasteiger partial charge in [0.25, 0.3) is 0 Å². The summed E-state index contributed by atoms with van der Waals surface area (Å²) in [6.07, 6.45) is -5.01. The Morgan fingerprint density at radius 3 is 1.40 bits per heavy atom. The molecule has 9 aromatic carbocycles. The number of hydrogen-bond donors (Lipinski definition) is 0. The van der Waals surface area contributed by atoms with Crippen molar-refractivity contribution < 1.29 is 26.3 Å². The van der Waals surface area contributed by atoms with Gasteiger partial charge in [-0.15, -0.1) is 0 Å². The van der Waals surface area contributed by atoms with Crippen molar-refractivity contribution in [3.05, 3.63) is 256 Å². The molecule has 4 aliphatic carbocycles. The number of halogens is 6. The van der Waals surface area contributed by atoms with Gasteiger partial charge in [-0.05, 0) is 193 Å². The van der Waals surface area contributed by atoms with Gasteiger partial charge in [-0.1, -0.05) is 121 Å². The van der Waals surface area contributed by atoms with E-state index in [9.17, 15) is 26.3 Å². The second kappa shape index (κ2) is 15.8. The number of alkyl halides is 6. The minimum absolute atomic E-state index is 0.557. The predicted molar refractivity (Wildman–Crippen MR) is 286 cm³/mol. The van der Waals surface area contributed by atoms with Crippen LogP contribution in [0.4, 0.5) is 60.5 Å². The fourth-order valence-corrected chi connectivity index (χ4v) is 13.0. The van der Waals surface area contributed by atoms with Crippen LogP contribution < -0.4 is 15.0 Å². The SMILES string of the molecule is C[Si](C)(C)c1ccc(N(c2ccc(C(F)(F)F)cc2)c2ccc3c(c2)C2(c4cc(N(c5ccccc5)c5ccc(C(F)(F)F)cc5)ccc4-3)c3ccccc3-c3c2cc2c4c(cccc34)C3=C2C=C=C=C3)cc1. The van der Waals surface area contributed by atoms with E-state index in [1.807, 2.05) is 58.4 Å². The summed E-state index contributed by atoms with van der Waals surface area (Å²) in [5, 5.41) is 3.52. The van der Waals surface area contributed by atoms with Gasteiger partial charge in [0.05, 0.1) is 24.6 Å². The molecule has 0 N–H and O–H groups in total. The first-order valence-corrected chi connectivity index (χ1v) is 27.6. The lowest BCUT2D eigenvalue weighted by Gasteiger charge is -2.33. The molecule has 0 saturated heterocycles. The Morgan fingerprint density at radius 1 is 0.397 bits per heavy atom. The van der Waals surface area contributed by atoms with Gasteiger partial charge in [0, 0.05) is 34.1 Å². The fraction of sp³-hybridized carbons (Fsp3) is 0.0938. The number of hydrogen-bond acceptors (Lipinski definition) is 2. The van der Waals surface area contributed by atoms with E-state index in [2.05, 4.69) is 134 Å². The summed E-state index contributed by atoms with van der Waals surface area (Å²) in [7, 11) is -1.73. The van der Waals surface area contributed by atoms with Crippen LogP contribution in [-0.4, -0.2) is 8.07 Å². The Morgan fingerprint density at radius 2 is 0.863 bits per heavy atom. The fourth-order valence-electron chi connectivity index (χ4n) is 11.8. The van der Waals surface area contributed by atoms with Crippen molar-refractivity contribution in [2.45, 2.75) is 37.4 Å². The second-order valence-electron chi connectivity index (χ2n) is 20.1. The van der Waals surface area contributed by atoms with Gasteiger partial charge in [0.2, 0.25) is 0 Å². The number of allylic oxidation sites excluding steroid dienone is 4.